The molecule has 4 nitrogen and oxygen atoms in total. The van der Waals surface area contributed by atoms with Crippen LogP contribution < -0.4 is 5.32 Å². The van der Waals surface area contributed by atoms with E-state index < -0.39 is 11.7 Å². The third-order valence-corrected chi connectivity index (χ3v) is 4.08. The number of halogens is 3. The van der Waals surface area contributed by atoms with Crippen LogP contribution in [-0.4, -0.2) is 28.3 Å². The summed E-state index contributed by atoms with van der Waals surface area (Å²) in [6.07, 6.45) is -3.62. The standard InChI is InChI=1S/C14H16F3N3OS/c1-3-6-20-11-7-9(14(15,16)17)4-5-10(11)19-13(20)22-8-12(21)18-2/h4-5,7H,3,6,8H2,1-2H3,(H,18,21). The van der Waals surface area contributed by atoms with Crippen LogP contribution in [0.4, 0.5) is 13.2 Å². The minimum absolute atomic E-state index is 0.156. The van der Waals surface area contributed by atoms with E-state index in [2.05, 4.69) is 10.3 Å². The summed E-state index contributed by atoms with van der Waals surface area (Å²) in [5.74, 6) is 0.0199. The van der Waals surface area contributed by atoms with E-state index in [1.54, 1.807) is 4.57 Å². The summed E-state index contributed by atoms with van der Waals surface area (Å²) >= 11 is 1.22. The van der Waals surface area contributed by atoms with Crippen LogP contribution in [0.3, 0.4) is 0 Å². The number of imidazole rings is 1. The van der Waals surface area contributed by atoms with Gasteiger partial charge in [0, 0.05) is 13.6 Å². The Morgan fingerprint density at radius 1 is 1.41 bits per heavy atom. The van der Waals surface area contributed by atoms with Gasteiger partial charge in [-0.1, -0.05) is 18.7 Å². The first-order valence-electron chi connectivity index (χ1n) is 6.77. The fourth-order valence-electron chi connectivity index (χ4n) is 2.03. The summed E-state index contributed by atoms with van der Waals surface area (Å²) in [5, 5.41) is 3.06. The Kier molecular flexibility index (Phi) is 5.00. The molecule has 0 aliphatic heterocycles. The summed E-state index contributed by atoms with van der Waals surface area (Å²) in [6.45, 7) is 2.49. The zero-order chi connectivity index (χ0) is 16.3. The number of hydrogen-bond donors (Lipinski definition) is 1. The lowest BCUT2D eigenvalue weighted by Gasteiger charge is -2.09. The molecule has 2 aromatic rings. The van der Waals surface area contributed by atoms with Crippen LogP contribution >= 0.6 is 11.8 Å². The number of nitrogens with one attached hydrogen (secondary N) is 1. The van der Waals surface area contributed by atoms with Crippen molar-refractivity contribution in [3.8, 4) is 0 Å². The highest BCUT2D eigenvalue weighted by molar-refractivity contribution is 7.99. The minimum atomic E-state index is -4.38. The summed E-state index contributed by atoms with van der Waals surface area (Å²) in [5.41, 5.74) is 0.247. The van der Waals surface area contributed by atoms with E-state index in [1.807, 2.05) is 6.92 Å². The second kappa shape index (κ2) is 6.60. The van der Waals surface area contributed by atoms with E-state index in [9.17, 15) is 18.0 Å². The molecule has 1 aromatic heterocycles. The van der Waals surface area contributed by atoms with Crippen molar-refractivity contribution in [2.75, 3.05) is 12.8 Å². The third-order valence-electron chi connectivity index (χ3n) is 3.10. The Bertz CT molecular complexity index is 682. The van der Waals surface area contributed by atoms with Crippen LogP contribution in [0.2, 0.25) is 0 Å². The third kappa shape index (κ3) is 3.55. The Morgan fingerprint density at radius 2 is 2.14 bits per heavy atom. The Hall–Kier alpha value is -1.70. The van der Waals surface area contributed by atoms with Gasteiger partial charge in [-0.2, -0.15) is 13.2 Å². The Labute approximate surface area is 130 Å². The first-order chi connectivity index (χ1) is 10.4. The lowest BCUT2D eigenvalue weighted by Crippen LogP contribution is -2.20. The first-order valence-corrected chi connectivity index (χ1v) is 7.76. The molecule has 120 valence electrons. The number of aromatic nitrogens is 2. The molecule has 1 amide bonds. The molecule has 2 rings (SSSR count). The largest absolute Gasteiger partial charge is 0.416 e. The van der Waals surface area contributed by atoms with Gasteiger partial charge in [-0.15, -0.1) is 0 Å². The number of alkyl halides is 3. The number of carbonyl (C=O) groups excluding carboxylic acids is 1. The van der Waals surface area contributed by atoms with Crippen LogP contribution in [-0.2, 0) is 17.5 Å². The number of hydrogen-bond acceptors (Lipinski definition) is 3. The van der Waals surface area contributed by atoms with Crippen molar-refractivity contribution in [2.24, 2.45) is 0 Å². The zero-order valence-corrected chi connectivity index (χ0v) is 13.0. The van der Waals surface area contributed by atoms with Gasteiger partial charge in [0.25, 0.3) is 0 Å². The maximum atomic E-state index is 12.9. The number of fused-ring (bicyclic) bond motifs is 1. The number of benzene rings is 1. The number of rotatable bonds is 5. The normalized spacial score (nSPS) is 11.9. The molecule has 0 atom stereocenters. The van der Waals surface area contributed by atoms with Gasteiger partial charge < -0.3 is 9.88 Å². The maximum Gasteiger partial charge on any atom is 0.416 e. The molecule has 0 saturated heterocycles. The van der Waals surface area contributed by atoms with Crippen molar-refractivity contribution in [2.45, 2.75) is 31.2 Å². The molecule has 0 aliphatic rings. The van der Waals surface area contributed by atoms with Crippen molar-refractivity contribution in [1.29, 1.82) is 0 Å². The van der Waals surface area contributed by atoms with Crippen molar-refractivity contribution in [3.05, 3.63) is 23.8 Å². The molecule has 0 bridgehead atoms. The summed E-state index contributed by atoms with van der Waals surface area (Å²) < 4.78 is 40.3. The van der Waals surface area contributed by atoms with Gasteiger partial charge in [0.05, 0.1) is 22.3 Å². The number of nitrogens with zero attached hydrogens (tertiary/aromatic N) is 2. The molecule has 22 heavy (non-hydrogen) atoms. The minimum Gasteiger partial charge on any atom is -0.358 e. The molecule has 0 radical (unpaired) electrons. The molecule has 1 N–H and O–H groups in total. The molecule has 0 fully saturated rings. The van der Waals surface area contributed by atoms with Gasteiger partial charge in [0.1, 0.15) is 0 Å². The van der Waals surface area contributed by atoms with Crippen LogP contribution in [0, 0.1) is 0 Å². The molecule has 1 heterocycles. The maximum absolute atomic E-state index is 12.9. The Morgan fingerprint density at radius 3 is 2.73 bits per heavy atom. The van der Waals surface area contributed by atoms with Crippen LogP contribution in [0.25, 0.3) is 11.0 Å². The summed E-state index contributed by atoms with van der Waals surface area (Å²) in [4.78, 5) is 15.7. The molecular formula is C14H16F3N3OS. The second-order valence-electron chi connectivity index (χ2n) is 4.71. The highest BCUT2D eigenvalue weighted by atomic mass is 32.2. The first kappa shape index (κ1) is 16.7. The van der Waals surface area contributed by atoms with E-state index in [1.165, 1.54) is 24.9 Å². The van der Waals surface area contributed by atoms with Gasteiger partial charge in [0.15, 0.2) is 5.16 Å². The van der Waals surface area contributed by atoms with Crippen molar-refractivity contribution >= 4 is 28.7 Å². The van der Waals surface area contributed by atoms with Gasteiger partial charge in [-0.3, -0.25) is 4.79 Å². The van der Waals surface area contributed by atoms with E-state index in [4.69, 9.17) is 0 Å². The fraction of sp³-hybridized carbons (Fsp3) is 0.429. The lowest BCUT2D eigenvalue weighted by molar-refractivity contribution is -0.137. The fourth-order valence-corrected chi connectivity index (χ4v) is 2.94. The summed E-state index contributed by atoms with van der Waals surface area (Å²) in [7, 11) is 1.54. The van der Waals surface area contributed by atoms with E-state index in [0.29, 0.717) is 22.7 Å². The monoisotopic (exact) mass is 331 g/mol. The van der Waals surface area contributed by atoms with E-state index in [-0.39, 0.29) is 11.7 Å². The Balaban J connectivity index is 2.44. The molecule has 0 aliphatic carbocycles. The second-order valence-corrected chi connectivity index (χ2v) is 5.65. The molecule has 0 spiro atoms. The van der Waals surface area contributed by atoms with Crippen LogP contribution in [0.15, 0.2) is 23.4 Å². The average Bonchev–Trinajstić information content (AvgIpc) is 2.81. The van der Waals surface area contributed by atoms with Gasteiger partial charge in [-0.25, -0.2) is 4.98 Å². The number of carbonyl (C=O) groups is 1. The van der Waals surface area contributed by atoms with Crippen molar-refractivity contribution < 1.29 is 18.0 Å². The zero-order valence-electron chi connectivity index (χ0n) is 12.2. The number of aryl methyl sites for hydroxylation is 1. The number of thioether (sulfide) groups is 1. The number of amides is 1. The highest BCUT2D eigenvalue weighted by Gasteiger charge is 2.31. The highest BCUT2D eigenvalue weighted by Crippen LogP contribution is 2.33. The molecular weight excluding hydrogens is 315 g/mol. The topological polar surface area (TPSA) is 46.9 Å². The molecule has 0 unspecified atom stereocenters. The predicted octanol–water partition coefficient (Wildman–Crippen LogP) is 3.30. The van der Waals surface area contributed by atoms with Crippen LogP contribution in [0.5, 0.6) is 0 Å². The van der Waals surface area contributed by atoms with Gasteiger partial charge in [-0.05, 0) is 24.6 Å². The molecule has 8 heteroatoms. The van der Waals surface area contributed by atoms with Crippen LogP contribution in [0.1, 0.15) is 18.9 Å². The average molecular weight is 331 g/mol. The van der Waals surface area contributed by atoms with E-state index in [0.717, 1.165) is 18.6 Å². The predicted molar refractivity (Wildman–Crippen MR) is 79.8 cm³/mol. The van der Waals surface area contributed by atoms with Gasteiger partial charge >= 0.3 is 6.18 Å². The van der Waals surface area contributed by atoms with E-state index >= 15 is 0 Å². The lowest BCUT2D eigenvalue weighted by atomic mass is 10.2. The smallest absolute Gasteiger partial charge is 0.358 e. The quantitative estimate of drug-likeness (QED) is 0.855. The van der Waals surface area contributed by atoms with Crippen molar-refractivity contribution in [1.82, 2.24) is 14.9 Å². The summed E-state index contributed by atoms with van der Waals surface area (Å²) in [6, 6.07) is 3.51. The molecule has 1 aromatic carbocycles. The molecule has 0 saturated carbocycles. The van der Waals surface area contributed by atoms with Crippen molar-refractivity contribution in [3.63, 3.8) is 0 Å². The SMILES string of the molecule is CCCn1c(SCC(=O)NC)nc2ccc(C(F)(F)F)cc21. The van der Waals surface area contributed by atoms with Gasteiger partial charge in [0.2, 0.25) is 5.91 Å².